The number of carbonyl (C=O) groups excluding carboxylic acids is 11. The normalized spacial score (nSPS) is 17.1. The summed E-state index contributed by atoms with van der Waals surface area (Å²) in [6.45, 7) is 13.0. The molecule has 6 atom stereocenters. The number of urea groups is 2. The number of thiol groups is 1. The molecular weight excluding hydrogens is 1500 g/mol. The van der Waals surface area contributed by atoms with Crippen LogP contribution >= 0.6 is 24.4 Å². The van der Waals surface area contributed by atoms with Gasteiger partial charge in [0, 0.05) is 82.5 Å². The van der Waals surface area contributed by atoms with Crippen LogP contribution in [0.15, 0.2) is 84.9 Å². The summed E-state index contributed by atoms with van der Waals surface area (Å²) in [5.41, 5.74) is 0.214. The Labute approximate surface area is 669 Å². The number of esters is 2. The second kappa shape index (κ2) is 47.8. The number of hydrogen-bond acceptors (Lipinski definition) is 19. The summed E-state index contributed by atoms with van der Waals surface area (Å²) < 4.78 is 10.7. The number of benzene rings is 4. The lowest BCUT2D eigenvalue weighted by Gasteiger charge is -2.28. The van der Waals surface area contributed by atoms with Crippen molar-refractivity contribution >= 4 is 134 Å². The molecule has 6 rings (SSSR count). The third kappa shape index (κ3) is 36.8. The monoisotopic (exact) mass is 1610 g/mol. The number of fused-ring (bicyclic) bond motifs is 2. The zero-order chi connectivity index (χ0) is 83.4. The molecule has 0 radical (unpaired) electrons. The van der Waals surface area contributed by atoms with Crippen LogP contribution in [0.5, 0.6) is 0 Å². The molecule has 0 heterocycles. The van der Waals surface area contributed by atoms with Crippen LogP contribution in [0.25, 0.3) is 21.5 Å². The number of carboxylic acid groups (broad SMARTS) is 4. The van der Waals surface area contributed by atoms with Gasteiger partial charge in [-0.25, -0.2) is 28.8 Å². The summed E-state index contributed by atoms with van der Waals surface area (Å²) >= 11 is 4.95. The van der Waals surface area contributed by atoms with Gasteiger partial charge in [-0.05, 0) is 202 Å². The first-order valence-corrected chi connectivity index (χ1v) is 40.4. The Hall–Kier alpha value is -9.65. The molecule has 113 heavy (non-hydrogen) atoms. The molecule has 4 unspecified atom stereocenters. The molecule has 12 N–H and O–H groups in total. The van der Waals surface area contributed by atoms with E-state index in [1.807, 2.05) is 84.9 Å². The second-order valence-corrected chi connectivity index (χ2v) is 32.6. The van der Waals surface area contributed by atoms with Crippen LogP contribution in [0.1, 0.15) is 188 Å². The molecular formula is C82H114N8O21S2. The van der Waals surface area contributed by atoms with E-state index in [2.05, 4.69) is 55.2 Å². The smallest absolute Gasteiger partial charge is 0.329 e. The number of nitrogens with one attached hydrogen (secondary N) is 8. The molecule has 0 aromatic heterocycles. The molecule has 2 saturated carbocycles. The number of unbranched alkanes of at least 4 members (excludes halogenated alkanes) is 2. The number of Topliss-reactive ketones (excluding diaryl/α,β-unsaturated/α-hetero) is 2. The maximum atomic E-state index is 13.7. The van der Waals surface area contributed by atoms with Gasteiger partial charge < -0.3 is 72.4 Å². The molecule has 2 aliphatic rings. The zero-order valence-corrected chi connectivity index (χ0v) is 67.5. The first kappa shape index (κ1) is 93.9. The van der Waals surface area contributed by atoms with E-state index in [-0.39, 0.29) is 128 Å². The molecule has 29 nitrogen and oxygen atoms in total. The molecule has 0 bridgehead atoms. The molecule has 0 aliphatic heterocycles. The van der Waals surface area contributed by atoms with E-state index in [9.17, 15) is 87.2 Å². The molecule has 2 fully saturated rings. The highest BCUT2D eigenvalue weighted by Crippen LogP contribution is 2.34. The van der Waals surface area contributed by atoms with Gasteiger partial charge in [-0.1, -0.05) is 96.7 Å². The molecule has 620 valence electrons. The fourth-order valence-electron chi connectivity index (χ4n) is 13.5. The van der Waals surface area contributed by atoms with Crippen LogP contribution in [0.2, 0.25) is 0 Å². The lowest BCUT2D eigenvalue weighted by Crippen LogP contribution is -2.52. The van der Waals surface area contributed by atoms with Crippen LogP contribution in [-0.2, 0) is 84.6 Å². The minimum Gasteiger partial charge on any atom is -0.481 e. The van der Waals surface area contributed by atoms with Gasteiger partial charge in [0.1, 0.15) is 46.9 Å². The minimum atomic E-state index is -1.51. The number of ketones is 2. The van der Waals surface area contributed by atoms with Crippen molar-refractivity contribution in [1.82, 2.24) is 42.5 Å². The number of thioether (sulfide) groups is 1. The first-order valence-electron chi connectivity index (χ1n) is 38.8. The van der Waals surface area contributed by atoms with E-state index in [0.717, 1.165) is 70.1 Å². The molecule has 4 aromatic carbocycles. The average Bonchev–Trinajstić information content (AvgIpc) is 0.835. The SMILES string of the molecule is CC(=O)SCC(=O)NCC1CCC(C(=O)CC(Cc2ccc3ccccc3c2)C(=O)NCCCCC(NC(=O)N[C@@H](CCC(=O)OC(C)(C)C)C(=O)OC(C)(C)C)C(=O)O)CC1.O=C(O)CC[C@H](NC(=O)NC(CCCCNC(=O)C(CC(=O)C1CCC(CNC(=O)CS)CC1)Cc1ccc2ccccc2c1)C(=O)O)C(=O)O. The Morgan fingerprint density at radius 2 is 0.858 bits per heavy atom. The first-order chi connectivity index (χ1) is 53.4. The van der Waals surface area contributed by atoms with Gasteiger partial charge in [0.15, 0.2) is 5.12 Å². The molecule has 2 aliphatic carbocycles. The summed E-state index contributed by atoms with van der Waals surface area (Å²) in [7, 11) is 0. The lowest BCUT2D eigenvalue weighted by molar-refractivity contribution is -0.159. The standard InChI is InChI=1S/C46H66N4O11S.C36H48N4O10S/c1-29(51)62-28-39(53)48-27-30-15-19-33(20-16-30)38(52)26-35(25-31-17-18-32-12-8-9-13-34(32)24-31)41(55)47-23-11-10-14-36(42(56)57)49-44(59)50-37(43(58)61-46(5,6)7)21-22-40(54)60-45(2,3)4;41-30(25-12-8-22(9-13-25)20-38-31(42)21-51)19-27(18-23-10-11-24-5-1-2-6-26(24)17-23)33(45)37-16-4-3-7-28(34(46)47)39-36(50)40-29(35(48)49)14-15-32(43)44/h8-9,12-13,17-18,24,30,33,35-37H,10-11,14-16,19-23,25-28H2,1-7H3,(H,47,55)(H,48,53)(H,56,57)(H2,49,50,59);1-2,5-6,10-11,17,22,25,27-29,51H,3-4,7-9,12-16,18-21H2,(H,37,45)(H,38,42)(H,43,44)(H,46,47)(H,48,49)(H2,39,40,50)/t30?,33?,35?,36?,37-;22?,25?,27?,28?,29-/m00/s1. The van der Waals surface area contributed by atoms with E-state index < -0.39 is 102 Å². The van der Waals surface area contributed by atoms with E-state index in [0.29, 0.717) is 83.2 Å². The maximum absolute atomic E-state index is 13.7. The highest BCUT2D eigenvalue weighted by Gasteiger charge is 2.35. The Morgan fingerprint density at radius 1 is 0.469 bits per heavy atom. The van der Waals surface area contributed by atoms with Gasteiger partial charge in [0.2, 0.25) is 23.6 Å². The summed E-state index contributed by atoms with van der Waals surface area (Å²) in [4.78, 5) is 186. The summed E-state index contributed by atoms with van der Waals surface area (Å²) in [6.07, 6.45) is 6.92. The number of amides is 8. The molecule has 31 heteroatoms. The van der Waals surface area contributed by atoms with Crippen molar-refractivity contribution in [2.45, 2.75) is 225 Å². The van der Waals surface area contributed by atoms with Crippen LogP contribution in [0.4, 0.5) is 9.59 Å². The van der Waals surface area contributed by atoms with Crippen molar-refractivity contribution in [1.29, 1.82) is 0 Å². The predicted molar refractivity (Wildman–Crippen MR) is 428 cm³/mol. The Bertz CT molecular complexity index is 3920. The van der Waals surface area contributed by atoms with Crippen molar-refractivity contribution in [3.63, 3.8) is 0 Å². The van der Waals surface area contributed by atoms with Gasteiger partial charge in [0.05, 0.1) is 11.5 Å². The third-order valence-corrected chi connectivity index (χ3v) is 20.6. The molecule has 4 aromatic rings. The minimum absolute atomic E-state index is 0.00844. The second-order valence-electron chi connectivity index (χ2n) is 31.1. The average molecular weight is 1610 g/mol. The molecule has 8 amide bonds. The largest absolute Gasteiger partial charge is 0.481 e. The van der Waals surface area contributed by atoms with Crippen LogP contribution in [0.3, 0.4) is 0 Å². The van der Waals surface area contributed by atoms with E-state index in [1.165, 1.54) is 6.92 Å². The fourth-order valence-corrected chi connectivity index (χ4v) is 14.0. The van der Waals surface area contributed by atoms with Gasteiger partial charge >= 0.3 is 47.9 Å². The quantitative estimate of drug-likeness (QED) is 0.0111. The van der Waals surface area contributed by atoms with Gasteiger partial charge in [-0.3, -0.25) is 43.2 Å². The number of rotatable bonds is 43. The Balaban J connectivity index is 0.000000411. The van der Waals surface area contributed by atoms with Crippen molar-refractivity contribution in [3.8, 4) is 0 Å². The number of carbonyl (C=O) groups is 15. The van der Waals surface area contributed by atoms with E-state index in [4.69, 9.17) is 14.6 Å². The van der Waals surface area contributed by atoms with Crippen molar-refractivity contribution in [3.05, 3.63) is 96.1 Å². The highest BCUT2D eigenvalue weighted by atomic mass is 32.2. The highest BCUT2D eigenvalue weighted by molar-refractivity contribution is 8.14. The van der Waals surface area contributed by atoms with Crippen molar-refractivity contribution < 1.29 is 102 Å². The van der Waals surface area contributed by atoms with Crippen molar-refractivity contribution in [2.24, 2.45) is 35.5 Å². The number of carboxylic acids is 4. The Morgan fingerprint density at radius 3 is 1.25 bits per heavy atom. The lowest BCUT2D eigenvalue weighted by atomic mass is 9.77. The predicted octanol–water partition coefficient (Wildman–Crippen LogP) is 9.20. The summed E-state index contributed by atoms with van der Waals surface area (Å²) in [5, 5.41) is 62.3. The summed E-state index contributed by atoms with van der Waals surface area (Å²) in [6, 6.07) is 20.3. The van der Waals surface area contributed by atoms with Crippen LogP contribution in [0, 0.1) is 35.5 Å². The van der Waals surface area contributed by atoms with Gasteiger partial charge in [-0.15, -0.1) is 0 Å². The third-order valence-electron chi connectivity index (χ3n) is 19.5. The maximum Gasteiger partial charge on any atom is 0.329 e. The topological polar surface area (TPSA) is 452 Å². The van der Waals surface area contributed by atoms with Crippen LogP contribution < -0.4 is 42.5 Å². The van der Waals surface area contributed by atoms with E-state index in [1.54, 1.807) is 41.5 Å². The van der Waals surface area contributed by atoms with Gasteiger partial charge in [-0.2, -0.15) is 12.6 Å². The molecule has 0 spiro atoms. The number of aliphatic carboxylic acids is 4. The summed E-state index contributed by atoms with van der Waals surface area (Å²) in [5.74, 6) is -8.34. The Kier molecular flexibility index (Phi) is 39.7. The molecule has 0 saturated heterocycles. The van der Waals surface area contributed by atoms with Crippen molar-refractivity contribution in [2.75, 3.05) is 37.7 Å². The number of ether oxygens (including phenoxy) is 2. The zero-order valence-electron chi connectivity index (χ0n) is 65.7. The van der Waals surface area contributed by atoms with E-state index >= 15 is 0 Å². The number of hydrogen-bond donors (Lipinski definition) is 13. The van der Waals surface area contributed by atoms with Gasteiger partial charge in [0.25, 0.3) is 0 Å². The fraction of sp³-hybridized carbons (Fsp3) is 0.573. The van der Waals surface area contributed by atoms with Crippen LogP contribution in [-0.4, -0.2) is 182 Å².